The third-order valence-corrected chi connectivity index (χ3v) is 3.96. The Labute approximate surface area is 115 Å². The molecule has 1 fully saturated rings. The van der Waals surface area contributed by atoms with E-state index in [0.717, 1.165) is 25.3 Å². The largest absolute Gasteiger partial charge is 0.339 e. The van der Waals surface area contributed by atoms with E-state index < -0.39 is 11.6 Å². The molecule has 4 nitrogen and oxygen atoms in total. The second kappa shape index (κ2) is 4.94. The monoisotopic (exact) mass is 279 g/mol. The van der Waals surface area contributed by atoms with Crippen molar-refractivity contribution in [1.29, 1.82) is 0 Å². The zero-order valence-corrected chi connectivity index (χ0v) is 10.9. The van der Waals surface area contributed by atoms with Gasteiger partial charge in [0.25, 0.3) is 0 Å². The highest BCUT2D eigenvalue weighted by Crippen LogP contribution is 2.42. The van der Waals surface area contributed by atoms with Crippen LogP contribution in [0.5, 0.6) is 0 Å². The van der Waals surface area contributed by atoms with Gasteiger partial charge in [0.2, 0.25) is 11.7 Å². The summed E-state index contributed by atoms with van der Waals surface area (Å²) in [6.45, 7) is 0.583. The van der Waals surface area contributed by atoms with Crippen LogP contribution >= 0.6 is 0 Å². The van der Waals surface area contributed by atoms with Gasteiger partial charge in [-0.2, -0.15) is 4.98 Å². The highest BCUT2D eigenvalue weighted by atomic mass is 19.1. The summed E-state index contributed by atoms with van der Waals surface area (Å²) >= 11 is 0. The second-order valence-electron chi connectivity index (χ2n) is 5.40. The molecule has 0 radical (unpaired) electrons. The number of aromatic nitrogens is 2. The summed E-state index contributed by atoms with van der Waals surface area (Å²) in [6, 6.07) is 3.17. The minimum absolute atomic E-state index is 0.0526. The maximum absolute atomic E-state index is 13.2. The first-order valence-corrected chi connectivity index (χ1v) is 6.59. The molecule has 0 spiro atoms. The van der Waals surface area contributed by atoms with Crippen molar-refractivity contribution in [3.8, 4) is 11.4 Å². The van der Waals surface area contributed by atoms with Crippen LogP contribution in [0.2, 0.25) is 0 Å². The summed E-state index contributed by atoms with van der Waals surface area (Å²) in [5.41, 5.74) is 6.11. The highest BCUT2D eigenvalue weighted by molar-refractivity contribution is 5.54. The Kier molecular flexibility index (Phi) is 3.25. The number of benzene rings is 1. The molecule has 0 amide bonds. The normalized spacial score (nSPS) is 16.9. The summed E-state index contributed by atoms with van der Waals surface area (Å²) in [4.78, 5) is 4.21. The molecule has 0 aliphatic heterocycles. The molecule has 3 rings (SSSR count). The van der Waals surface area contributed by atoms with Gasteiger partial charge in [0, 0.05) is 18.1 Å². The molecular weight excluding hydrogens is 264 g/mol. The van der Waals surface area contributed by atoms with Crippen molar-refractivity contribution in [2.24, 2.45) is 11.1 Å². The first-order chi connectivity index (χ1) is 9.60. The van der Waals surface area contributed by atoms with Crippen LogP contribution in [-0.2, 0) is 6.42 Å². The highest BCUT2D eigenvalue weighted by Gasteiger charge is 2.37. The summed E-state index contributed by atoms with van der Waals surface area (Å²) < 4.78 is 31.5. The topological polar surface area (TPSA) is 64.9 Å². The fourth-order valence-corrected chi connectivity index (χ4v) is 2.58. The van der Waals surface area contributed by atoms with Gasteiger partial charge in [-0.25, -0.2) is 8.78 Å². The number of hydrogen-bond donors (Lipinski definition) is 1. The van der Waals surface area contributed by atoms with Gasteiger partial charge in [-0.15, -0.1) is 0 Å². The van der Waals surface area contributed by atoms with Crippen molar-refractivity contribution in [1.82, 2.24) is 10.1 Å². The van der Waals surface area contributed by atoms with Gasteiger partial charge in [0.15, 0.2) is 0 Å². The molecule has 6 heteroatoms. The molecule has 106 valence electrons. The van der Waals surface area contributed by atoms with Crippen molar-refractivity contribution < 1.29 is 13.3 Å². The maximum Gasteiger partial charge on any atom is 0.227 e. The second-order valence-corrected chi connectivity index (χ2v) is 5.40. The van der Waals surface area contributed by atoms with Crippen LogP contribution in [0.15, 0.2) is 22.7 Å². The summed E-state index contributed by atoms with van der Waals surface area (Å²) in [5.74, 6) is -0.660. The maximum atomic E-state index is 13.2. The lowest BCUT2D eigenvalue weighted by Gasteiger charge is -2.39. The molecule has 1 aliphatic carbocycles. The SMILES string of the molecule is NCC1(Cc2nc(-c3cc(F)cc(F)c3)no2)CCC1. The van der Waals surface area contributed by atoms with E-state index in [4.69, 9.17) is 10.3 Å². The Bertz CT molecular complexity index is 597. The van der Waals surface area contributed by atoms with E-state index in [9.17, 15) is 8.78 Å². The predicted octanol–water partition coefficient (Wildman–Crippen LogP) is 2.69. The standard InChI is InChI=1S/C14H15F2N3O/c15-10-4-9(5-11(16)6-10)13-18-12(20-19-13)7-14(8-17)2-1-3-14/h4-6H,1-3,7-8,17H2. The molecule has 0 bridgehead atoms. The predicted molar refractivity (Wildman–Crippen MR) is 68.7 cm³/mol. The number of hydrogen-bond acceptors (Lipinski definition) is 4. The van der Waals surface area contributed by atoms with E-state index in [2.05, 4.69) is 10.1 Å². The van der Waals surface area contributed by atoms with Crippen LogP contribution < -0.4 is 5.73 Å². The third kappa shape index (κ3) is 2.43. The summed E-state index contributed by atoms with van der Waals surface area (Å²) in [5, 5.41) is 3.79. The quantitative estimate of drug-likeness (QED) is 0.934. The molecule has 1 saturated carbocycles. The van der Waals surface area contributed by atoms with Gasteiger partial charge in [-0.1, -0.05) is 11.6 Å². The third-order valence-electron chi connectivity index (χ3n) is 3.96. The van der Waals surface area contributed by atoms with Gasteiger partial charge >= 0.3 is 0 Å². The van der Waals surface area contributed by atoms with Crippen molar-refractivity contribution in [2.45, 2.75) is 25.7 Å². The Morgan fingerprint density at radius 2 is 1.90 bits per heavy atom. The Morgan fingerprint density at radius 3 is 2.45 bits per heavy atom. The van der Waals surface area contributed by atoms with E-state index in [1.165, 1.54) is 12.1 Å². The molecule has 0 saturated heterocycles. The van der Waals surface area contributed by atoms with Crippen molar-refractivity contribution >= 4 is 0 Å². The average Bonchev–Trinajstić information content (AvgIpc) is 2.81. The van der Waals surface area contributed by atoms with E-state index in [0.29, 0.717) is 18.9 Å². The zero-order chi connectivity index (χ0) is 14.2. The Hall–Kier alpha value is -1.82. The Balaban J connectivity index is 1.83. The minimum Gasteiger partial charge on any atom is -0.339 e. The van der Waals surface area contributed by atoms with E-state index in [1.807, 2.05) is 0 Å². The minimum atomic E-state index is -0.663. The summed E-state index contributed by atoms with van der Waals surface area (Å²) in [7, 11) is 0. The van der Waals surface area contributed by atoms with Crippen LogP contribution in [0.25, 0.3) is 11.4 Å². The van der Waals surface area contributed by atoms with E-state index in [1.54, 1.807) is 0 Å². The molecular formula is C14H15F2N3O. The molecule has 1 aliphatic rings. The molecule has 1 heterocycles. The lowest BCUT2D eigenvalue weighted by atomic mass is 9.67. The van der Waals surface area contributed by atoms with Crippen molar-refractivity contribution in [2.75, 3.05) is 6.54 Å². The number of rotatable bonds is 4. The molecule has 2 N–H and O–H groups in total. The lowest BCUT2D eigenvalue weighted by molar-refractivity contribution is 0.129. The molecule has 1 aromatic heterocycles. The van der Waals surface area contributed by atoms with E-state index in [-0.39, 0.29) is 16.8 Å². The van der Waals surface area contributed by atoms with Crippen LogP contribution in [0, 0.1) is 17.0 Å². The number of nitrogens with two attached hydrogens (primary N) is 1. The van der Waals surface area contributed by atoms with Gasteiger partial charge in [-0.3, -0.25) is 0 Å². The van der Waals surface area contributed by atoms with Crippen molar-refractivity contribution in [3.05, 3.63) is 35.7 Å². The smallest absolute Gasteiger partial charge is 0.227 e. The molecule has 2 aromatic rings. The van der Waals surface area contributed by atoms with Crippen LogP contribution in [-0.4, -0.2) is 16.7 Å². The van der Waals surface area contributed by atoms with Gasteiger partial charge in [-0.05, 0) is 36.9 Å². The average molecular weight is 279 g/mol. The fraction of sp³-hybridized carbons (Fsp3) is 0.429. The molecule has 1 aromatic carbocycles. The van der Waals surface area contributed by atoms with Crippen LogP contribution in [0.4, 0.5) is 8.78 Å². The van der Waals surface area contributed by atoms with Gasteiger partial charge in [0.1, 0.15) is 11.6 Å². The van der Waals surface area contributed by atoms with Crippen LogP contribution in [0.1, 0.15) is 25.2 Å². The fourth-order valence-electron chi connectivity index (χ4n) is 2.58. The zero-order valence-electron chi connectivity index (χ0n) is 10.9. The molecule has 0 atom stereocenters. The first kappa shape index (κ1) is 13.2. The first-order valence-electron chi connectivity index (χ1n) is 6.59. The van der Waals surface area contributed by atoms with Crippen LogP contribution in [0.3, 0.4) is 0 Å². The van der Waals surface area contributed by atoms with Gasteiger partial charge in [0.05, 0.1) is 0 Å². The Morgan fingerprint density at radius 1 is 1.20 bits per heavy atom. The van der Waals surface area contributed by atoms with Gasteiger partial charge < -0.3 is 10.3 Å². The number of halogens is 2. The van der Waals surface area contributed by atoms with Crippen molar-refractivity contribution in [3.63, 3.8) is 0 Å². The van der Waals surface area contributed by atoms with E-state index >= 15 is 0 Å². The lowest BCUT2D eigenvalue weighted by Crippen LogP contribution is -2.39. The number of nitrogens with zero attached hydrogens (tertiary/aromatic N) is 2. The molecule has 20 heavy (non-hydrogen) atoms. The molecule has 0 unspecified atom stereocenters. The summed E-state index contributed by atoms with van der Waals surface area (Å²) in [6.07, 6.45) is 3.88.